The molecule has 2 aromatic rings. The molecule has 1 unspecified atom stereocenters. The summed E-state index contributed by atoms with van der Waals surface area (Å²) in [6.07, 6.45) is 0.614. The zero-order valence-corrected chi connectivity index (χ0v) is 13.7. The van der Waals surface area contributed by atoms with Gasteiger partial charge in [-0.1, -0.05) is 5.16 Å². The third-order valence-electron chi connectivity index (χ3n) is 3.80. The Hall–Kier alpha value is -2.42. The number of sulfonamides is 1. The minimum absolute atomic E-state index is 0.00963. The summed E-state index contributed by atoms with van der Waals surface area (Å²) in [6.45, 7) is 5.01. The van der Waals surface area contributed by atoms with Gasteiger partial charge in [0.2, 0.25) is 11.7 Å². The van der Waals surface area contributed by atoms with Crippen molar-refractivity contribution in [3.05, 3.63) is 29.5 Å². The molecule has 1 N–H and O–H groups in total. The van der Waals surface area contributed by atoms with Gasteiger partial charge in [0.25, 0.3) is 10.0 Å². The van der Waals surface area contributed by atoms with Crippen molar-refractivity contribution < 1.29 is 17.8 Å². The summed E-state index contributed by atoms with van der Waals surface area (Å²) in [5, 5.41) is 7.05. The van der Waals surface area contributed by atoms with E-state index in [-0.39, 0.29) is 22.7 Å². The van der Waals surface area contributed by atoms with Gasteiger partial charge in [-0.15, -0.1) is 0 Å². The molecule has 1 amide bonds. The summed E-state index contributed by atoms with van der Waals surface area (Å²) in [5.74, 6) is -0.00138. The van der Waals surface area contributed by atoms with Crippen LogP contribution in [0.5, 0.6) is 0 Å². The fraction of sp³-hybridized carbons (Fsp3) is 0.357. The van der Waals surface area contributed by atoms with E-state index in [0.717, 1.165) is 11.3 Å². The molecule has 1 aliphatic heterocycles. The predicted molar refractivity (Wildman–Crippen MR) is 82.6 cm³/mol. The number of hydrogen-bond donors (Lipinski definition) is 1. The van der Waals surface area contributed by atoms with Gasteiger partial charge in [0.1, 0.15) is 5.69 Å². The van der Waals surface area contributed by atoms with Crippen LogP contribution in [0, 0.1) is 6.92 Å². The Morgan fingerprint density at radius 3 is 2.74 bits per heavy atom. The number of aryl methyl sites for hydroxylation is 1. The molecule has 0 radical (unpaired) electrons. The quantitative estimate of drug-likeness (QED) is 0.910. The van der Waals surface area contributed by atoms with Gasteiger partial charge in [0, 0.05) is 18.7 Å². The van der Waals surface area contributed by atoms with Crippen molar-refractivity contribution in [2.24, 2.45) is 0 Å². The maximum atomic E-state index is 12.4. The van der Waals surface area contributed by atoms with Gasteiger partial charge >= 0.3 is 0 Å². The van der Waals surface area contributed by atoms with Crippen molar-refractivity contribution in [1.82, 2.24) is 10.3 Å². The predicted octanol–water partition coefficient (Wildman–Crippen LogP) is 1.48. The lowest BCUT2D eigenvalue weighted by atomic mass is 10.1. The summed E-state index contributed by atoms with van der Waals surface area (Å²) in [6, 6.07) is 4.72. The number of benzene rings is 1. The topological polar surface area (TPSA) is 105 Å². The summed E-state index contributed by atoms with van der Waals surface area (Å²) >= 11 is 0. The first-order valence-electron chi connectivity index (χ1n) is 7.04. The van der Waals surface area contributed by atoms with E-state index in [9.17, 15) is 13.2 Å². The maximum absolute atomic E-state index is 12.4. The number of carbonyl (C=O) groups excluding carboxylic acids is 1. The van der Waals surface area contributed by atoms with E-state index in [2.05, 4.69) is 19.7 Å². The number of rotatable bonds is 3. The highest BCUT2D eigenvalue weighted by atomic mass is 32.2. The lowest BCUT2D eigenvalue weighted by Crippen LogP contribution is -2.33. The Morgan fingerprint density at radius 2 is 2.13 bits per heavy atom. The summed E-state index contributed by atoms with van der Waals surface area (Å²) in [4.78, 5) is 13.5. The molecule has 1 aliphatic rings. The number of amides is 1. The van der Waals surface area contributed by atoms with Crippen LogP contribution in [0.15, 0.2) is 27.7 Å². The Balaban J connectivity index is 1.95. The maximum Gasteiger partial charge on any atom is 0.263 e. The zero-order valence-electron chi connectivity index (χ0n) is 12.9. The number of nitrogens with one attached hydrogen (secondary N) is 1. The van der Waals surface area contributed by atoms with Crippen molar-refractivity contribution in [2.75, 3.05) is 9.62 Å². The van der Waals surface area contributed by atoms with Crippen molar-refractivity contribution in [1.29, 1.82) is 0 Å². The highest BCUT2D eigenvalue weighted by molar-refractivity contribution is 7.92. The summed E-state index contributed by atoms with van der Waals surface area (Å²) < 4.78 is 31.7. The van der Waals surface area contributed by atoms with Crippen molar-refractivity contribution in [3.8, 4) is 0 Å². The molecule has 1 aromatic heterocycles. The van der Waals surface area contributed by atoms with E-state index in [4.69, 9.17) is 0 Å². The van der Waals surface area contributed by atoms with Crippen LogP contribution in [0.2, 0.25) is 0 Å². The first-order valence-corrected chi connectivity index (χ1v) is 8.52. The van der Waals surface area contributed by atoms with Crippen LogP contribution in [0.4, 0.5) is 11.5 Å². The first-order chi connectivity index (χ1) is 10.8. The van der Waals surface area contributed by atoms with E-state index < -0.39 is 10.0 Å². The van der Waals surface area contributed by atoms with Crippen LogP contribution in [0.3, 0.4) is 0 Å². The Labute approximate surface area is 133 Å². The molecule has 9 heteroatoms. The zero-order chi connectivity index (χ0) is 16.8. The van der Waals surface area contributed by atoms with Crippen LogP contribution in [0.25, 0.3) is 0 Å². The Kier molecular flexibility index (Phi) is 3.59. The van der Waals surface area contributed by atoms with Gasteiger partial charge in [-0.05, 0) is 49.2 Å². The van der Waals surface area contributed by atoms with Gasteiger partial charge in [0.05, 0.1) is 4.90 Å². The SMILES string of the molecule is CC(=O)N1c2ccc(S(=O)(=O)Nc3nonc3C)cc2CC1C. The van der Waals surface area contributed by atoms with Crippen LogP contribution in [-0.4, -0.2) is 30.7 Å². The Morgan fingerprint density at radius 1 is 1.39 bits per heavy atom. The second-order valence-electron chi connectivity index (χ2n) is 5.54. The van der Waals surface area contributed by atoms with Gasteiger partial charge in [-0.2, -0.15) is 0 Å². The molecule has 0 fully saturated rings. The average molecular weight is 336 g/mol. The van der Waals surface area contributed by atoms with E-state index in [1.54, 1.807) is 24.0 Å². The average Bonchev–Trinajstić information content (AvgIpc) is 3.00. The second-order valence-corrected chi connectivity index (χ2v) is 7.22. The van der Waals surface area contributed by atoms with Crippen LogP contribution in [0.1, 0.15) is 25.1 Å². The van der Waals surface area contributed by atoms with Crippen LogP contribution in [-0.2, 0) is 21.2 Å². The summed E-state index contributed by atoms with van der Waals surface area (Å²) in [7, 11) is -3.80. The summed E-state index contributed by atoms with van der Waals surface area (Å²) in [5.41, 5.74) is 1.93. The molecule has 8 nitrogen and oxygen atoms in total. The smallest absolute Gasteiger partial charge is 0.263 e. The second kappa shape index (κ2) is 5.34. The number of fused-ring (bicyclic) bond motifs is 1. The largest absolute Gasteiger partial charge is 0.309 e. The lowest BCUT2D eigenvalue weighted by Gasteiger charge is -2.20. The standard InChI is InChI=1S/C14H16N4O4S/c1-8-6-11-7-12(4-5-13(11)18(8)10(3)19)23(20,21)17-14-9(2)15-22-16-14/h4-5,7-8H,6H2,1-3H3,(H,16,17). The molecule has 0 spiro atoms. The highest BCUT2D eigenvalue weighted by Gasteiger charge is 2.30. The van der Waals surface area contributed by atoms with E-state index in [1.165, 1.54) is 13.0 Å². The minimum Gasteiger partial charge on any atom is -0.309 e. The van der Waals surface area contributed by atoms with Gasteiger partial charge in [-0.25, -0.2) is 13.0 Å². The number of hydrogen-bond acceptors (Lipinski definition) is 6. The number of anilines is 2. The van der Waals surface area contributed by atoms with Crippen molar-refractivity contribution in [3.63, 3.8) is 0 Å². The highest BCUT2D eigenvalue weighted by Crippen LogP contribution is 2.34. The monoisotopic (exact) mass is 336 g/mol. The van der Waals surface area contributed by atoms with Crippen molar-refractivity contribution >= 4 is 27.4 Å². The van der Waals surface area contributed by atoms with E-state index in [0.29, 0.717) is 12.1 Å². The minimum atomic E-state index is -3.80. The molecule has 1 aromatic carbocycles. The molecule has 122 valence electrons. The normalized spacial score (nSPS) is 17.2. The molecule has 1 atom stereocenters. The molecular weight excluding hydrogens is 320 g/mol. The number of aromatic nitrogens is 2. The molecule has 0 bridgehead atoms. The lowest BCUT2D eigenvalue weighted by molar-refractivity contribution is -0.116. The van der Waals surface area contributed by atoms with Gasteiger partial charge < -0.3 is 4.90 Å². The van der Waals surface area contributed by atoms with Gasteiger partial charge in [-0.3, -0.25) is 9.52 Å². The van der Waals surface area contributed by atoms with Crippen molar-refractivity contribution in [2.45, 2.75) is 38.1 Å². The molecule has 23 heavy (non-hydrogen) atoms. The first kappa shape index (κ1) is 15.5. The molecular formula is C14H16N4O4S. The molecule has 2 heterocycles. The van der Waals surface area contributed by atoms with E-state index >= 15 is 0 Å². The van der Waals surface area contributed by atoms with Gasteiger partial charge in [0.15, 0.2) is 0 Å². The number of carbonyl (C=O) groups is 1. The number of nitrogens with zero attached hydrogens (tertiary/aromatic N) is 3. The third-order valence-corrected chi connectivity index (χ3v) is 5.14. The van der Waals surface area contributed by atoms with Crippen LogP contribution >= 0.6 is 0 Å². The molecule has 0 saturated heterocycles. The molecule has 0 saturated carbocycles. The molecule has 3 rings (SSSR count). The van der Waals surface area contributed by atoms with Crippen LogP contribution < -0.4 is 9.62 Å². The van der Waals surface area contributed by atoms with E-state index in [1.807, 2.05) is 6.92 Å². The molecule has 0 aliphatic carbocycles. The fourth-order valence-corrected chi connectivity index (χ4v) is 3.87. The Bertz CT molecular complexity index is 875. The fourth-order valence-electron chi connectivity index (χ4n) is 2.76. The third kappa shape index (κ3) is 2.67.